The van der Waals surface area contributed by atoms with Gasteiger partial charge in [0.05, 0.1) is 12.2 Å². The molecule has 130 valence electrons. The molecule has 3 rings (SSSR count). The van der Waals surface area contributed by atoms with E-state index >= 15 is 0 Å². The van der Waals surface area contributed by atoms with Gasteiger partial charge in [-0.05, 0) is 42.0 Å². The Morgan fingerprint density at radius 2 is 1.84 bits per heavy atom. The number of carbonyl (C=O) groups excluding carboxylic acids is 2. The van der Waals surface area contributed by atoms with Crippen molar-refractivity contribution < 1.29 is 14.3 Å². The number of hydrogen-bond acceptors (Lipinski definition) is 3. The van der Waals surface area contributed by atoms with Gasteiger partial charge in [-0.1, -0.05) is 38.1 Å². The fraction of sp³-hybridized carbons (Fsp3) is 0.333. The second-order valence-electron chi connectivity index (χ2n) is 6.95. The highest BCUT2D eigenvalue weighted by Crippen LogP contribution is 2.45. The zero-order valence-electron chi connectivity index (χ0n) is 15.1. The molecule has 0 radical (unpaired) electrons. The molecule has 2 N–H and O–H groups in total. The molecule has 1 amide bonds. The van der Waals surface area contributed by atoms with E-state index in [0.717, 1.165) is 23.0 Å². The van der Waals surface area contributed by atoms with E-state index in [-0.39, 0.29) is 5.92 Å². The third-order valence-electron chi connectivity index (χ3n) is 5.16. The van der Waals surface area contributed by atoms with E-state index in [1.165, 1.54) is 5.56 Å². The third-order valence-corrected chi connectivity index (χ3v) is 5.16. The summed E-state index contributed by atoms with van der Waals surface area (Å²) in [6, 6.07) is 8.44. The van der Waals surface area contributed by atoms with Crippen LogP contribution < -0.4 is 10.5 Å². The SMILES string of the molecule is Cc1c(C=O)c2c(c(C)c1C(N)=O)C(c1ccc(C(C)C)cc1)CO2. The molecule has 1 atom stereocenters. The van der Waals surface area contributed by atoms with E-state index in [0.29, 0.717) is 35.0 Å². The Morgan fingerprint density at radius 3 is 2.36 bits per heavy atom. The highest BCUT2D eigenvalue weighted by Gasteiger charge is 2.33. The molecule has 0 saturated carbocycles. The lowest BCUT2D eigenvalue weighted by Crippen LogP contribution is -2.17. The predicted molar refractivity (Wildman–Crippen MR) is 97.7 cm³/mol. The number of hydrogen-bond donors (Lipinski definition) is 1. The lowest BCUT2D eigenvalue weighted by molar-refractivity contribution is 0.0999. The van der Waals surface area contributed by atoms with Crippen LogP contribution in [-0.2, 0) is 0 Å². The van der Waals surface area contributed by atoms with Crippen LogP contribution in [0.5, 0.6) is 5.75 Å². The van der Waals surface area contributed by atoms with Crippen LogP contribution in [0.15, 0.2) is 24.3 Å². The van der Waals surface area contributed by atoms with Gasteiger partial charge in [-0.15, -0.1) is 0 Å². The van der Waals surface area contributed by atoms with Crippen molar-refractivity contribution in [1.82, 2.24) is 0 Å². The first-order valence-electron chi connectivity index (χ1n) is 8.51. The standard InChI is InChI=1S/C21H23NO3/c1-11(2)14-5-7-15(8-6-14)17-10-25-20-16(9-23)12(3)18(21(22)24)13(4)19(17)20/h5-9,11,17H,10H2,1-4H3,(H2,22,24). The number of ether oxygens (including phenoxy) is 1. The van der Waals surface area contributed by atoms with E-state index in [1.54, 1.807) is 6.92 Å². The summed E-state index contributed by atoms with van der Waals surface area (Å²) in [5.41, 5.74) is 11.1. The van der Waals surface area contributed by atoms with Crippen LogP contribution in [0.4, 0.5) is 0 Å². The fourth-order valence-electron chi connectivity index (χ4n) is 3.75. The average Bonchev–Trinajstić information content (AvgIpc) is 3.00. The molecule has 2 aromatic carbocycles. The quantitative estimate of drug-likeness (QED) is 0.861. The van der Waals surface area contributed by atoms with Crippen LogP contribution in [0.25, 0.3) is 0 Å². The molecule has 1 heterocycles. The normalized spacial score (nSPS) is 15.8. The van der Waals surface area contributed by atoms with E-state index in [9.17, 15) is 9.59 Å². The average molecular weight is 337 g/mol. The van der Waals surface area contributed by atoms with Crippen molar-refractivity contribution in [3.8, 4) is 5.75 Å². The number of benzene rings is 2. The van der Waals surface area contributed by atoms with Gasteiger partial charge < -0.3 is 10.5 Å². The van der Waals surface area contributed by atoms with Gasteiger partial charge in [0.15, 0.2) is 6.29 Å². The predicted octanol–water partition coefficient (Wildman–Crippen LogP) is 3.86. The molecule has 1 unspecified atom stereocenters. The summed E-state index contributed by atoms with van der Waals surface area (Å²) in [6.07, 6.45) is 0.754. The minimum atomic E-state index is -0.512. The van der Waals surface area contributed by atoms with Gasteiger partial charge in [0.25, 0.3) is 0 Å². The topological polar surface area (TPSA) is 69.4 Å². The molecule has 25 heavy (non-hydrogen) atoms. The maximum Gasteiger partial charge on any atom is 0.249 e. The zero-order valence-corrected chi connectivity index (χ0v) is 15.1. The van der Waals surface area contributed by atoms with Crippen LogP contribution in [0.2, 0.25) is 0 Å². The second kappa shape index (κ2) is 6.36. The van der Waals surface area contributed by atoms with Crippen molar-refractivity contribution in [3.05, 3.63) is 63.2 Å². The lowest BCUT2D eigenvalue weighted by Gasteiger charge is -2.17. The van der Waals surface area contributed by atoms with E-state index in [4.69, 9.17) is 10.5 Å². The molecule has 4 heteroatoms. The summed E-state index contributed by atoms with van der Waals surface area (Å²) >= 11 is 0. The Balaban J connectivity index is 2.17. The van der Waals surface area contributed by atoms with E-state index in [1.807, 2.05) is 6.92 Å². The molecule has 2 aromatic rings. The van der Waals surface area contributed by atoms with E-state index in [2.05, 4.69) is 38.1 Å². The summed E-state index contributed by atoms with van der Waals surface area (Å²) < 4.78 is 5.88. The Kier molecular flexibility index (Phi) is 4.38. The van der Waals surface area contributed by atoms with Gasteiger partial charge in [0.2, 0.25) is 5.91 Å². The van der Waals surface area contributed by atoms with Crippen LogP contribution in [0.3, 0.4) is 0 Å². The van der Waals surface area contributed by atoms with E-state index < -0.39 is 5.91 Å². The number of rotatable bonds is 4. The minimum absolute atomic E-state index is 0.00591. The Bertz CT molecular complexity index is 851. The molecule has 0 bridgehead atoms. The first-order chi connectivity index (χ1) is 11.9. The summed E-state index contributed by atoms with van der Waals surface area (Å²) in [5, 5.41) is 0. The first-order valence-corrected chi connectivity index (χ1v) is 8.51. The number of primary amides is 1. The first kappa shape index (κ1) is 17.2. The van der Waals surface area contributed by atoms with Gasteiger partial charge >= 0.3 is 0 Å². The van der Waals surface area contributed by atoms with Crippen molar-refractivity contribution >= 4 is 12.2 Å². The molecule has 1 aliphatic heterocycles. The molecule has 1 aliphatic rings. The maximum absolute atomic E-state index is 11.9. The molecule has 0 fully saturated rings. The van der Waals surface area contributed by atoms with Gasteiger partial charge in [-0.2, -0.15) is 0 Å². The number of aldehydes is 1. The number of nitrogens with two attached hydrogens (primary N) is 1. The van der Waals surface area contributed by atoms with Gasteiger partial charge in [-0.3, -0.25) is 9.59 Å². The highest BCUT2D eigenvalue weighted by atomic mass is 16.5. The molecule has 4 nitrogen and oxygen atoms in total. The minimum Gasteiger partial charge on any atom is -0.492 e. The maximum atomic E-state index is 11.9. The molecule has 0 saturated heterocycles. The van der Waals surface area contributed by atoms with Crippen LogP contribution in [0, 0.1) is 13.8 Å². The van der Waals surface area contributed by atoms with Crippen molar-refractivity contribution in [2.45, 2.75) is 39.5 Å². The van der Waals surface area contributed by atoms with Crippen molar-refractivity contribution in [2.75, 3.05) is 6.61 Å². The summed E-state index contributed by atoms with van der Waals surface area (Å²) in [7, 11) is 0. The van der Waals surface area contributed by atoms with Crippen molar-refractivity contribution in [2.24, 2.45) is 5.73 Å². The van der Waals surface area contributed by atoms with Crippen LogP contribution >= 0.6 is 0 Å². The Hall–Kier alpha value is -2.62. The largest absolute Gasteiger partial charge is 0.492 e. The summed E-state index contributed by atoms with van der Waals surface area (Å²) in [4.78, 5) is 23.5. The van der Waals surface area contributed by atoms with Crippen LogP contribution in [0.1, 0.15) is 74.2 Å². The zero-order chi connectivity index (χ0) is 18.3. The smallest absolute Gasteiger partial charge is 0.249 e. The summed E-state index contributed by atoms with van der Waals surface area (Å²) in [6.45, 7) is 8.40. The monoisotopic (exact) mass is 337 g/mol. The van der Waals surface area contributed by atoms with Gasteiger partial charge in [0, 0.05) is 17.0 Å². The lowest BCUT2D eigenvalue weighted by atomic mass is 9.84. The molecule has 0 spiro atoms. The molecule has 0 aromatic heterocycles. The molecule has 0 aliphatic carbocycles. The summed E-state index contributed by atoms with van der Waals surface area (Å²) in [5.74, 6) is 0.539. The van der Waals surface area contributed by atoms with Crippen molar-refractivity contribution in [1.29, 1.82) is 0 Å². The fourth-order valence-corrected chi connectivity index (χ4v) is 3.75. The van der Waals surface area contributed by atoms with Gasteiger partial charge in [0.1, 0.15) is 5.75 Å². The molecular weight excluding hydrogens is 314 g/mol. The highest BCUT2D eigenvalue weighted by molar-refractivity contribution is 6.00. The van der Waals surface area contributed by atoms with Crippen LogP contribution in [-0.4, -0.2) is 18.8 Å². The van der Waals surface area contributed by atoms with Gasteiger partial charge in [-0.25, -0.2) is 0 Å². The molecular formula is C21H23NO3. The number of amides is 1. The third kappa shape index (κ3) is 2.72. The second-order valence-corrected chi connectivity index (χ2v) is 6.95. The Labute approximate surface area is 148 Å². The number of carbonyl (C=O) groups is 2. The number of fused-ring (bicyclic) bond motifs is 1. The Morgan fingerprint density at radius 1 is 1.20 bits per heavy atom. The van der Waals surface area contributed by atoms with Crippen molar-refractivity contribution in [3.63, 3.8) is 0 Å².